The lowest BCUT2D eigenvalue weighted by Crippen LogP contribution is -2.39. The largest absolute Gasteiger partial charge is 0.440 e. The fraction of sp³-hybridized carbons (Fsp3) is 0.588. The van der Waals surface area contributed by atoms with E-state index in [1.165, 1.54) is 12.8 Å². The number of nitrogens with zero attached hydrogens (tertiary/aromatic N) is 2. The molecule has 0 spiro atoms. The predicted molar refractivity (Wildman–Crippen MR) is 89.1 cm³/mol. The molecule has 5 heteroatoms. The predicted octanol–water partition coefficient (Wildman–Crippen LogP) is 4.10. The van der Waals surface area contributed by atoms with Gasteiger partial charge in [0.1, 0.15) is 5.76 Å². The van der Waals surface area contributed by atoms with Crippen LogP contribution in [0.4, 0.5) is 0 Å². The van der Waals surface area contributed by atoms with Crippen molar-refractivity contribution in [3.63, 3.8) is 0 Å². The zero-order valence-electron chi connectivity index (χ0n) is 13.4. The van der Waals surface area contributed by atoms with E-state index in [0.717, 1.165) is 54.9 Å². The molecule has 0 saturated carbocycles. The maximum atomic E-state index is 5.91. The first-order chi connectivity index (χ1) is 10.8. The molecule has 2 aromatic rings. The van der Waals surface area contributed by atoms with E-state index in [0.29, 0.717) is 6.10 Å². The molecule has 0 aromatic carbocycles. The lowest BCUT2D eigenvalue weighted by Gasteiger charge is -2.32. The molecule has 0 radical (unpaired) electrons. The average molecular weight is 320 g/mol. The third-order valence-electron chi connectivity index (χ3n) is 4.02. The van der Waals surface area contributed by atoms with Gasteiger partial charge < -0.3 is 9.15 Å². The molecular weight excluding hydrogens is 296 g/mol. The third-order valence-corrected chi connectivity index (χ3v) is 4.88. The number of piperidine rings is 1. The van der Waals surface area contributed by atoms with Crippen LogP contribution in [0.15, 0.2) is 21.9 Å². The van der Waals surface area contributed by atoms with E-state index >= 15 is 0 Å². The molecule has 1 fully saturated rings. The van der Waals surface area contributed by atoms with E-state index in [1.807, 2.05) is 13.0 Å². The van der Waals surface area contributed by atoms with Gasteiger partial charge in [-0.25, -0.2) is 4.98 Å². The number of oxazole rings is 1. The summed E-state index contributed by atoms with van der Waals surface area (Å²) in [7, 11) is 0. The molecule has 1 aliphatic rings. The lowest BCUT2D eigenvalue weighted by molar-refractivity contribution is -0.00259. The molecule has 3 heterocycles. The first kappa shape index (κ1) is 15.7. The molecule has 1 saturated heterocycles. The maximum Gasteiger partial charge on any atom is 0.236 e. The highest BCUT2D eigenvalue weighted by molar-refractivity contribution is 7.13. The number of hydrogen-bond acceptors (Lipinski definition) is 5. The van der Waals surface area contributed by atoms with Crippen LogP contribution in [0, 0.1) is 6.92 Å². The fourth-order valence-corrected chi connectivity index (χ4v) is 3.52. The van der Waals surface area contributed by atoms with Gasteiger partial charge in [0, 0.05) is 19.7 Å². The van der Waals surface area contributed by atoms with E-state index in [9.17, 15) is 0 Å². The summed E-state index contributed by atoms with van der Waals surface area (Å²) in [5, 5.41) is 2.05. The smallest absolute Gasteiger partial charge is 0.236 e. The van der Waals surface area contributed by atoms with Gasteiger partial charge in [-0.15, -0.1) is 11.3 Å². The standard InChI is InChI=1S/C17H24N2O2S/c1-3-9-20-14-6-4-8-19(11-14)12-15-13(2)21-17(18-15)16-7-5-10-22-16/h5,7,10,14H,3-4,6,8-9,11-12H2,1-2H3/t14-/m0/s1. The minimum Gasteiger partial charge on any atom is -0.440 e. The van der Waals surface area contributed by atoms with Crippen LogP contribution in [0.25, 0.3) is 10.8 Å². The molecule has 0 amide bonds. The van der Waals surface area contributed by atoms with Crippen LogP contribution in [0.2, 0.25) is 0 Å². The molecule has 2 aromatic heterocycles. The number of likely N-dealkylation sites (tertiary alicyclic amines) is 1. The third kappa shape index (κ3) is 3.77. The van der Waals surface area contributed by atoms with E-state index in [4.69, 9.17) is 14.1 Å². The van der Waals surface area contributed by atoms with E-state index in [-0.39, 0.29) is 0 Å². The Morgan fingerprint density at radius 2 is 2.41 bits per heavy atom. The Hall–Kier alpha value is -1.17. The Morgan fingerprint density at radius 1 is 1.50 bits per heavy atom. The van der Waals surface area contributed by atoms with E-state index in [2.05, 4.69) is 23.3 Å². The molecule has 120 valence electrons. The fourth-order valence-electron chi connectivity index (χ4n) is 2.87. The molecule has 3 rings (SSSR count). The molecule has 1 atom stereocenters. The summed E-state index contributed by atoms with van der Waals surface area (Å²) < 4.78 is 11.7. The Labute approximate surface area is 136 Å². The van der Waals surface area contributed by atoms with Crippen molar-refractivity contribution in [2.75, 3.05) is 19.7 Å². The number of thiophene rings is 1. The summed E-state index contributed by atoms with van der Waals surface area (Å²) in [6, 6.07) is 4.08. The first-order valence-corrected chi connectivity index (χ1v) is 8.98. The van der Waals surface area contributed by atoms with Crippen LogP contribution in [0.5, 0.6) is 0 Å². The zero-order chi connectivity index (χ0) is 15.4. The quantitative estimate of drug-likeness (QED) is 0.803. The van der Waals surface area contributed by atoms with Gasteiger partial charge in [0.2, 0.25) is 5.89 Å². The molecule has 1 aliphatic heterocycles. The molecule has 0 aliphatic carbocycles. The minimum absolute atomic E-state index is 0.373. The molecule has 22 heavy (non-hydrogen) atoms. The van der Waals surface area contributed by atoms with Crippen LogP contribution in [0.1, 0.15) is 37.6 Å². The van der Waals surface area contributed by atoms with Crippen molar-refractivity contribution >= 4 is 11.3 Å². The number of hydrogen-bond donors (Lipinski definition) is 0. The van der Waals surface area contributed by atoms with Gasteiger partial charge in [-0.1, -0.05) is 13.0 Å². The van der Waals surface area contributed by atoms with Crippen LogP contribution in [-0.2, 0) is 11.3 Å². The summed E-state index contributed by atoms with van der Waals surface area (Å²) in [6.07, 6.45) is 3.83. The number of ether oxygens (including phenoxy) is 1. The normalized spacial score (nSPS) is 19.6. The van der Waals surface area contributed by atoms with Crippen LogP contribution in [-0.4, -0.2) is 35.7 Å². The SMILES string of the molecule is CCCO[C@H]1CCCN(Cc2nc(-c3cccs3)oc2C)C1. The maximum absolute atomic E-state index is 5.91. The van der Waals surface area contributed by atoms with E-state index < -0.39 is 0 Å². The van der Waals surface area contributed by atoms with Crippen LogP contribution >= 0.6 is 11.3 Å². The van der Waals surface area contributed by atoms with Crippen molar-refractivity contribution in [3.05, 3.63) is 29.0 Å². The van der Waals surface area contributed by atoms with E-state index in [1.54, 1.807) is 11.3 Å². The Balaban J connectivity index is 1.63. The van der Waals surface area contributed by atoms with Crippen LogP contribution < -0.4 is 0 Å². The summed E-state index contributed by atoms with van der Waals surface area (Å²) in [4.78, 5) is 8.23. The summed E-state index contributed by atoms with van der Waals surface area (Å²) in [6.45, 7) is 8.00. The number of aromatic nitrogens is 1. The van der Waals surface area contributed by atoms with Gasteiger partial charge in [0.05, 0.1) is 16.7 Å². The first-order valence-electron chi connectivity index (χ1n) is 8.10. The Bertz CT molecular complexity index is 580. The van der Waals surface area contributed by atoms with Crippen molar-refractivity contribution < 1.29 is 9.15 Å². The Kier molecular flexibility index (Phi) is 5.28. The molecule has 0 N–H and O–H groups in total. The Morgan fingerprint density at radius 3 is 3.18 bits per heavy atom. The van der Waals surface area contributed by atoms with Crippen molar-refractivity contribution in [2.24, 2.45) is 0 Å². The van der Waals surface area contributed by atoms with Gasteiger partial charge in [-0.2, -0.15) is 0 Å². The highest BCUT2D eigenvalue weighted by Crippen LogP contribution is 2.27. The number of rotatable bonds is 6. The van der Waals surface area contributed by atoms with Gasteiger partial charge in [-0.3, -0.25) is 4.90 Å². The highest BCUT2D eigenvalue weighted by Gasteiger charge is 2.22. The number of aryl methyl sites for hydroxylation is 1. The lowest BCUT2D eigenvalue weighted by atomic mass is 10.1. The van der Waals surface area contributed by atoms with Gasteiger partial charge >= 0.3 is 0 Å². The second-order valence-electron chi connectivity index (χ2n) is 5.87. The van der Waals surface area contributed by atoms with Gasteiger partial charge in [-0.05, 0) is 44.2 Å². The van der Waals surface area contributed by atoms with Crippen molar-refractivity contribution in [1.29, 1.82) is 0 Å². The monoisotopic (exact) mass is 320 g/mol. The molecule has 4 nitrogen and oxygen atoms in total. The summed E-state index contributed by atoms with van der Waals surface area (Å²) >= 11 is 1.66. The van der Waals surface area contributed by atoms with Crippen molar-refractivity contribution in [2.45, 2.75) is 45.8 Å². The van der Waals surface area contributed by atoms with Crippen molar-refractivity contribution in [3.8, 4) is 10.8 Å². The second kappa shape index (κ2) is 7.40. The van der Waals surface area contributed by atoms with Gasteiger partial charge in [0.15, 0.2) is 0 Å². The summed E-state index contributed by atoms with van der Waals surface area (Å²) in [5.74, 6) is 1.68. The minimum atomic E-state index is 0.373. The second-order valence-corrected chi connectivity index (χ2v) is 6.82. The summed E-state index contributed by atoms with van der Waals surface area (Å²) in [5.41, 5.74) is 1.06. The zero-order valence-corrected chi connectivity index (χ0v) is 14.2. The van der Waals surface area contributed by atoms with Crippen LogP contribution in [0.3, 0.4) is 0 Å². The molecular formula is C17H24N2O2S. The topological polar surface area (TPSA) is 38.5 Å². The molecule has 0 unspecified atom stereocenters. The van der Waals surface area contributed by atoms with Gasteiger partial charge in [0.25, 0.3) is 0 Å². The van der Waals surface area contributed by atoms with Crippen molar-refractivity contribution in [1.82, 2.24) is 9.88 Å². The highest BCUT2D eigenvalue weighted by atomic mass is 32.1. The average Bonchev–Trinajstić information content (AvgIpc) is 3.16. The molecule has 0 bridgehead atoms.